The van der Waals surface area contributed by atoms with Crippen LogP contribution in [0.2, 0.25) is 0 Å². The number of likely N-dealkylation sites (tertiary alicyclic amines) is 1. The van der Waals surface area contributed by atoms with E-state index in [1.54, 1.807) is 0 Å². The van der Waals surface area contributed by atoms with Gasteiger partial charge in [0.05, 0.1) is 19.1 Å². The van der Waals surface area contributed by atoms with Crippen LogP contribution in [0, 0.1) is 11.3 Å². The fourth-order valence-corrected chi connectivity index (χ4v) is 6.01. The van der Waals surface area contributed by atoms with Crippen molar-refractivity contribution in [3.05, 3.63) is 29.3 Å². The van der Waals surface area contributed by atoms with Crippen molar-refractivity contribution in [2.45, 2.75) is 78.2 Å². The number of hydrogen-bond acceptors (Lipinski definition) is 5. The summed E-state index contributed by atoms with van der Waals surface area (Å²) in [7, 11) is 0. The number of aliphatic carboxylic acids is 1. The standard InChI is InChI=1S/C28H45N3O4/c1-5-7-13-30(14-12-29)25(32)19-31-18-22(20-8-9-24-21(16-20)10-15-35-24)26(27(33)34)23(31)17-28(3,4)11-6-2/h8-9,16,22-23,26H,5-7,10-15,17-19,29H2,1-4H3,(H,33,34)/t22-,23+,26-/m1/s1. The van der Waals surface area contributed by atoms with Gasteiger partial charge in [-0.1, -0.05) is 52.7 Å². The Bertz CT molecular complexity index is 872. The number of unbranched alkanes of at least 4 members (excludes halogenated alkanes) is 1. The fourth-order valence-electron chi connectivity index (χ4n) is 6.01. The minimum atomic E-state index is -0.774. The van der Waals surface area contributed by atoms with Gasteiger partial charge in [0, 0.05) is 44.6 Å². The summed E-state index contributed by atoms with van der Waals surface area (Å²) in [5.74, 6) is -0.539. The molecule has 3 atom stereocenters. The van der Waals surface area contributed by atoms with Crippen molar-refractivity contribution in [3.8, 4) is 5.75 Å². The quantitative estimate of drug-likeness (QED) is 0.438. The molecule has 0 bridgehead atoms. The van der Waals surface area contributed by atoms with Crippen LogP contribution in [0.15, 0.2) is 18.2 Å². The summed E-state index contributed by atoms with van der Waals surface area (Å²) in [5, 5.41) is 10.4. The van der Waals surface area contributed by atoms with Gasteiger partial charge in [-0.2, -0.15) is 0 Å². The molecule has 0 saturated carbocycles. The summed E-state index contributed by atoms with van der Waals surface area (Å²) >= 11 is 0. The van der Waals surface area contributed by atoms with E-state index in [2.05, 4.69) is 38.7 Å². The average molecular weight is 488 g/mol. The first-order valence-corrected chi connectivity index (χ1v) is 13.4. The van der Waals surface area contributed by atoms with Crippen LogP contribution in [0.3, 0.4) is 0 Å². The van der Waals surface area contributed by atoms with E-state index in [-0.39, 0.29) is 29.8 Å². The molecule has 2 heterocycles. The van der Waals surface area contributed by atoms with E-state index in [4.69, 9.17) is 10.5 Å². The van der Waals surface area contributed by atoms with Crippen molar-refractivity contribution >= 4 is 11.9 Å². The third-order valence-corrected chi connectivity index (χ3v) is 7.74. The number of rotatable bonds is 13. The van der Waals surface area contributed by atoms with Crippen LogP contribution in [0.1, 0.15) is 76.8 Å². The highest BCUT2D eigenvalue weighted by atomic mass is 16.5. The zero-order valence-corrected chi connectivity index (χ0v) is 22.1. The van der Waals surface area contributed by atoms with Gasteiger partial charge in [0.2, 0.25) is 5.91 Å². The maximum Gasteiger partial charge on any atom is 0.308 e. The molecule has 1 amide bonds. The third-order valence-electron chi connectivity index (χ3n) is 7.74. The Hall–Kier alpha value is -2.12. The van der Waals surface area contributed by atoms with E-state index in [1.165, 1.54) is 0 Å². The molecule has 1 aromatic carbocycles. The number of nitrogens with two attached hydrogens (primary N) is 1. The van der Waals surface area contributed by atoms with Crippen LogP contribution < -0.4 is 10.5 Å². The van der Waals surface area contributed by atoms with Crippen molar-refractivity contribution in [1.82, 2.24) is 9.80 Å². The Labute approximate surface area is 211 Å². The molecule has 0 unspecified atom stereocenters. The lowest BCUT2D eigenvalue weighted by Crippen LogP contribution is -2.46. The largest absolute Gasteiger partial charge is 0.493 e. The summed E-state index contributed by atoms with van der Waals surface area (Å²) in [6.07, 6.45) is 5.63. The van der Waals surface area contributed by atoms with Crippen LogP contribution in [0.25, 0.3) is 0 Å². The van der Waals surface area contributed by atoms with Crippen LogP contribution in [-0.4, -0.2) is 72.2 Å². The van der Waals surface area contributed by atoms with Gasteiger partial charge in [0.25, 0.3) is 0 Å². The summed E-state index contributed by atoms with van der Waals surface area (Å²) in [4.78, 5) is 30.1. The van der Waals surface area contributed by atoms with E-state index in [0.717, 1.165) is 55.4 Å². The number of benzene rings is 1. The molecule has 2 aliphatic rings. The SMILES string of the molecule is CCCCN(CCN)C(=O)CN1C[C@H](c2ccc3c(c2)CCO3)[C@@H](C(=O)O)[C@@H]1CC(C)(C)CCC. The minimum Gasteiger partial charge on any atom is -0.493 e. The second-order valence-corrected chi connectivity index (χ2v) is 11.1. The number of carboxylic acids is 1. The maximum absolute atomic E-state index is 13.4. The lowest BCUT2D eigenvalue weighted by atomic mass is 9.76. The molecule has 196 valence electrons. The molecule has 3 rings (SSSR count). The Morgan fingerprint density at radius 1 is 1.23 bits per heavy atom. The molecule has 0 aromatic heterocycles. The summed E-state index contributed by atoms with van der Waals surface area (Å²) in [5.41, 5.74) is 7.99. The number of carbonyl (C=O) groups excluding carboxylic acids is 1. The number of carboxylic acid groups (broad SMARTS) is 1. The first kappa shape index (κ1) is 27.5. The highest BCUT2D eigenvalue weighted by Crippen LogP contribution is 2.44. The van der Waals surface area contributed by atoms with E-state index in [1.807, 2.05) is 17.0 Å². The number of amides is 1. The molecule has 1 aromatic rings. The maximum atomic E-state index is 13.4. The highest BCUT2D eigenvalue weighted by Gasteiger charge is 2.48. The van der Waals surface area contributed by atoms with Crippen molar-refractivity contribution in [1.29, 1.82) is 0 Å². The molecule has 0 radical (unpaired) electrons. The summed E-state index contributed by atoms with van der Waals surface area (Å²) in [6, 6.07) is 5.93. The lowest BCUT2D eigenvalue weighted by molar-refractivity contribution is -0.144. The van der Waals surface area contributed by atoms with E-state index in [0.29, 0.717) is 32.8 Å². The Kier molecular flexibility index (Phi) is 9.59. The number of carbonyl (C=O) groups is 2. The van der Waals surface area contributed by atoms with Gasteiger partial charge in [-0.3, -0.25) is 14.5 Å². The van der Waals surface area contributed by atoms with Gasteiger partial charge in [-0.25, -0.2) is 0 Å². The number of ether oxygens (including phenoxy) is 1. The predicted octanol–water partition coefficient (Wildman–Crippen LogP) is 3.89. The first-order chi connectivity index (χ1) is 16.7. The Morgan fingerprint density at radius 2 is 2.00 bits per heavy atom. The van der Waals surface area contributed by atoms with E-state index in [9.17, 15) is 14.7 Å². The molecule has 3 N–H and O–H groups in total. The van der Waals surface area contributed by atoms with Crippen LogP contribution in [0.5, 0.6) is 5.75 Å². The molecule has 0 aliphatic carbocycles. The van der Waals surface area contributed by atoms with Gasteiger partial charge >= 0.3 is 5.97 Å². The van der Waals surface area contributed by atoms with Crippen LogP contribution >= 0.6 is 0 Å². The zero-order valence-electron chi connectivity index (χ0n) is 22.1. The van der Waals surface area contributed by atoms with Gasteiger partial charge in [-0.05, 0) is 41.9 Å². The van der Waals surface area contributed by atoms with E-state index < -0.39 is 11.9 Å². The summed E-state index contributed by atoms with van der Waals surface area (Å²) in [6.45, 7) is 11.9. The fraction of sp³-hybridized carbons (Fsp3) is 0.714. The number of hydrogen-bond donors (Lipinski definition) is 2. The highest BCUT2D eigenvalue weighted by molar-refractivity contribution is 5.79. The smallest absolute Gasteiger partial charge is 0.308 e. The molecule has 7 nitrogen and oxygen atoms in total. The second-order valence-electron chi connectivity index (χ2n) is 11.1. The molecule has 35 heavy (non-hydrogen) atoms. The monoisotopic (exact) mass is 487 g/mol. The molecule has 0 spiro atoms. The van der Waals surface area contributed by atoms with Crippen molar-refractivity contribution in [3.63, 3.8) is 0 Å². The summed E-state index contributed by atoms with van der Waals surface area (Å²) < 4.78 is 5.67. The van der Waals surface area contributed by atoms with Crippen LogP contribution in [-0.2, 0) is 16.0 Å². The van der Waals surface area contributed by atoms with E-state index >= 15 is 0 Å². The Balaban J connectivity index is 1.91. The van der Waals surface area contributed by atoms with Crippen LogP contribution in [0.4, 0.5) is 0 Å². The molecule has 7 heteroatoms. The van der Waals surface area contributed by atoms with Gasteiger partial charge < -0.3 is 20.5 Å². The number of nitrogens with zero attached hydrogens (tertiary/aromatic N) is 2. The second kappa shape index (κ2) is 12.2. The normalized spacial score (nSPS) is 22.1. The molecular weight excluding hydrogens is 442 g/mol. The predicted molar refractivity (Wildman–Crippen MR) is 139 cm³/mol. The van der Waals surface area contributed by atoms with Crippen molar-refractivity contribution < 1.29 is 19.4 Å². The molecule has 1 fully saturated rings. The van der Waals surface area contributed by atoms with Crippen molar-refractivity contribution in [2.24, 2.45) is 17.1 Å². The lowest BCUT2D eigenvalue weighted by Gasteiger charge is -2.35. The minimum absolute atomic E-state index is 0.00572. The molecular formula is C28H45N3O4. The average Bonchev–Trinajstić information content (AvgIpc) is 3.40. The Morgan fingerprint density at radius 3 is 2.66 bits per heavy atom. The zero-order chi connectivity index (χ0) is 25.6. The van der Waals surface area contributed by atoms with Gasteiger partial charge in [0.1, 0.15) is 5.75 Å². The third kappa shape index (κ3) is 6.76. The molecule has 2 aliphatic heterocycles. The topological polar surface area (TPSA) is 96.1 Å². The molecule has 1 saturated heterocycles. The first-order valence-electron chi connectivity index (χ1n) is 13.4. The van der Waals surface area contributed by atoms with Gasteiger partial charge in [0.15, 0.2) is 0 Å². The van der Waals surface area contributed by atoms with Gasteiger partial charge in [-0.15, -0.1) is 0 Å². The van der Waals surface area contributed by atoms with Crippen molar-refractivity contribution in [2.75, 3.05) is 39.3 Å². The number of fused-ring (bicyclic) bond motifs is 1.